The van der Waals surface area contributed by atoms with Crippen molar-refractivity contribution < 1.29 is 14.6 Å². The maximum absolute atomic E-state index is 11.3. The van der Waals surface area contributed by atoms with E-state index in [2.05, 4.69) is 17.1 Å². The van der Waals surface area contributed by atoms with Crippen molar-refractivity contribution in [2.75, 3.05) is 6.61 Å². The summed E-state index contributed by atoms with van der Waals surface area (Å²) in [4.78, 5) is 14.5. The summed E-state index contributed by atoms with van der Waals surface area (Å²) in [6.45, 7) is 2.24. The van der Waals surface area contributed by atoms with Crippen LogP contribution >= 0.6 is 11.6 Å². The highest BCUT2D eigenvalue weighted by Crippen LogP contribution is 2.34. The molecule has 2 N–H and O–H groups in total. The van der Waals surface area contributed by atoms with Crippen molar-refractivity contribution in [3.05, 3.63) is 89.1 Å². The normalized spacial score (nSPS) is 12.1. The van der Waals surface area contributed by atoms with Gasteiger partial charge in [-0.15, -0.1) is 0 Å². The molecular formula is C26H24ClNO3. The van der Waals surface area contributed by atoms with Gasteiger partial charge in [-0.1, -0.05) is 42.8 Å². The molecule has 4 nitrogen and oxygen atoms in total. The van der Waals surface area contributed by atoms with Crippen LogP contribution < -0.4 is 4.74 Å². The van der Waals surface area contributed by atoms with Crippen molar-refractivity contribution in [3.63, 3.8) is 0 Å². The largest absolute Gasteiger partial charge is 0.493 e. The van der Waals surface area contributed by atoms with Gasteiger partial charge in [0.25, 0.3) is 0 Å². The maximum atomic E-state index is 11.3. The van der Waals surface area contributed by atoms with Gasteiger partial charge in [-0.25, -0.2) is 0 Å². The second-order valence-electron chi connectivity index (χ2n) is 7.78. The zero-order valence-corrected chi connectivity index (χ0v) is 18.0. The molecule has 0 radical (unpaired) electrons. The molecular weight excluding hydrogens is 410 g/mol. The fourth-order valence-electron chi connectivity index (χ4n) is 3.69. The van der Waals surface area contributed by atoms with Crippen LogP contribution in [0.1, 0.15) is 18.1 Å². The lowest BCUT2D eigenvalue weighted by Gasteiger charge is -2.15. The predicted octanol–water partition coefficient (Wildman–Crippen LogP) is 6.37. The van der Waals surface area contributed by atoms with E-state index in [1.807, 2.05) is 60.8 Å². The molecule has 0 fully saturated rings. The van der Waals surface area contributed by atoms with Crippen LogP contribution in [0.3, 0.4) is 0 Å². The summed E-state index contributed by atoms with van der Waals surface area (Å²) >= 11 is 6.08. The predicted molar refractivity (Wildman–Crippen MR) is 125 cm³/mol. The van der Waals surface area contributed by atoms with Crippen LogP contribution in [0.2, 0.25) is 5.02 Å². The zero-order valence-electron chi connectivity index (χ0n) is 17.3. The minimum absolute atomic E-state index is 0.449. The SMILES string of the molecule is CC(Cc1ccc(OCCc2cccc(Cl)c2)c(-c2ccc3[nH]ccc3c2)c1)C(=O)O. The van der Waals surface area contributed by atoms with Crippen LogP contribution in [0.4, 0.5) is 0 Å². The van der Waals surface area contributed by atoms with Gasteiger partial charge in [0.1, 0.15) is 5.75 Å². The zero-order chi connectivity index (χ0) is 21.8. The van der Waals surface area contributed by atoms with Gasteiger partial charge in [-0.2, -0.15) is 0 Å². The van der Waals surface area contributed by atoms with Crippen molar-refractivity contribution in [2.45, 2.75) is 19.8 Å². The summed E-state index contributed by atoms with van der Waals surface area (Å²) in [6.07, 6.45) is 3.13. The average Bonchev–Trinajstić information content (AvgIpc) is 3.22. The van der Waals surface area contributed by atoms with Gasteiger partial charge < -0.3 is 14.8 Å². The lowest BCUT2D eigenvalue weighted by molar-refractivity contribution is -0.141. The third-order valence-electron chi connectivity index (χ3n) is 5.41. The molecule has 158 valence electrons. The van der Waals surface area contributed by atoms with Crippen molar-refractivity contribution in [1.82, 2.24) is 4.98 Å². The molecule has 0 aliphatic carbocycles. The maximum Gasteiger partial charge on any atom is 0.306 e. The standard InChI is InChI=1S/C26H24ClNO3/c1-17(26(29)30)13-19-5-8-25(31-12-10-18-3-2-4-22(27)14-18)23(15-19)20-6-7-24-21(16-20)9-11-28-24/h2-9,11,14-17,28H,10,12-13H2,1H3,(H,29,30). The van der Waals surface area contributed by atoms with Crippen LogP contribution in [-0.2, 0) is 17.6 Å². The Kier molecular flexibility index (Phi) is 6.28. The van der Waals surface area contributed by atoms with E-state index < -0.39 is 11.9 Å². The number of carboxylic acid groups (broad SMARTS) is 1. The molecule has 0 amide bonds. The lowest BCUT2D eigenvalue weighted by Crippen LogP contribution is -2.12. The molecule has 0 bridgehead atoms. The summed E-state index contributed by atoms with van der Waals surface area (Å²) in [5, 5.41) is 11.1. The Morgan fingerprint density at radius 2 is 1.94 bits per heavy atom. The van der Waals surface area contributed by atoms with Gasteiger partial charge in [-0.3, -0.25) is 4.79 Å². The molecule has 0 aliphatic heterocycles. The fraction of sp³-hybridized carbons (Fsp3) is 0.192. The molecule has 1 atom stereocenters. The number of hydrogen-bond donors (Lipinski definition) is 2. The van der Waals surface area contributed by atoms with E-state index in [0.717, 1.165) is 50.3 Å². The number of fused-ring (bicyclic) bond motifs is 1. The van der Waals surface area contributed by atoms with Gasteiger partial charge in [0.2, 0.25) is 0 Å². The minimum Gasteiger partial charge on any atom is -0.493 e. The second-order valence-corrected chi connectivity index (χ2v) is 8.22. The molecule has 0 saturated heterocycles. The highest BCUT2D eigenvalue weighted by Gasteiger charge is 2.15. The topological polar surface area (TPSA) is 62.3 Å². The number of hydrogen-bond acceptors (Lipinski definition) is 2. The van der Waals surface area contributed by atoms with Crippen molar-refractivity contribution >= 4 is 28.5 Å². The number of H-pyrrole nitrogens is 1. The van der Waals surface area contributed by atoms with E-state index in [0.29, 0.717) is 13.0 Å². The highest BCUT2D eigenvalue weighted by atomic mass is 35.5. The Morgan fingerprint density at radius 1 is 1.06 bits per heavy atom. The molecule has 5 heteroatoms. The number of ether oxygens (including phenoxy) is 1. The molecule has 1 aromatic heterocycles. The summed E-state index contributed by atoms with van der Waals surface area (Å²) in [6, 6.07) is 22.0. The molecule has 1 heterocycles. The first-order valence-corrected chi connectivity index (χ1v) is 10.7. The van der Waals surface area contributed by atoms with Gasteiger partial charge >= 0.3 is 5.97 Å². The monoisotopic (exact) mass is 433 g/mol. The number of rotatable bonds is 8. The number of carbonyl (C=O) groups is 1. The summed E-state index contributed by atoms with van der Waals surface area (Å²) < 4.78 is 6.17. The second kappa shape index (κ2) is 9.27. The minimum atomic E-state index is -0.794. The first-order valence-electron chi connectivity index (χ1n) is 10.3. The molecule has 4 rings (SSSR count). The molecule has 0 spiro atoms. The Morgan fingerprint density at radius 3 is 2.74 bits per heavy atom. The number of aromatic nitrogens is 1. The van der Waals surface area contributed by atoms with Crippen molar-refractivity contribution in [2.24, 2.45) is 5.92 Å². The fourth-order valence-corrected chi connectivity index (χ4v) is 3.90. The summed E-state index contributed by atoms with van der Waals surface area (Å²) in [7, 11) is 0. The first-order chi connectivity index (χ1) is 15.0. The average molecular weight is 434 g/mol. The third-order valence-corrected chi connectivity index (χ3v) is 5.64. The Balaban J connectivity index is 1.62. The number of carboxylic acids is 1. The number of aromatic amines is 1. The Labute approximate surface area is 186 Å². The van der Waals surface area contributed by atoms with E-state index in [9.17, 15) is 9.90 Å². The van der Waals surface area contributed by atoms with E-state index in [1.54, 1.807) is 6.92 Å². The molecule has 4 aromatic rings. The van der Waals surface area contributed by atoms with Gasteiger partial charge in [0, 0.05) is 28.7 Å². The van der Waals surface area contributed by atoms with Gasteiger partial charge in [0.05, 0.1) is 12.5 Å². The van der Waals surface area contributed by atoms with Crippen LogP contribution in [0, 0.1) is 5.92 Å². The molecule has 31 heavy (non-hydrogen) atoms. The third kappa shape index (κ3) is 5.09. The lowest BCUT2D eigenvalue weighted by atomic mass is 9.96. The smallest absolute Gasteiger partial charge is 0.306 e. The molecule has 3 aromatic carbocycles. The van der Waals surface area contributed by atoms with Crippen LogP contribution in [-0.4, -0.2) is 22.7 Å². The van der Waals surface area contributed by atoms with Crippen molar-refractivity contribution in [1.29, 1.82) is 0 Å². The van der Waals surface area contributed by atoms with E-state index in [-0.39, 0.29) is 0 Å². The Bertz CT molecular complexity index is 1210. The van der Waals surface area contributed by atoms with Crippen LogP contribution in [0.15, 0.2) is 72.9 Å². The van der Waals surface area contributed by atoms with E-state index in [4.69, 9.17) is 16.3 Å². The molecule has 0 saturated carbocycles. The van der Waals surface area contributed by atoms with E-state index >= 15 is 0 Å². The van der Waals surface area contributed by atoms with Crippen LogP contribution in [0.25, 0.3) is 22.0 Å². The number of aliphatic carboxylic acids is 1. The number of benzene rings is 3. The molecule has 0 aliphatic rings. The molecule has 1 unspecified atom stereocenters. The van der Waals surface area contributed by atoms with Crippen molar-refractivity contribution in [3.8, 4) is 16.9 Å². The number of nitrogens with one attached hydrogen (secondary N) is 1. The van der Waals surface area contributed by atoms with Gasteiger partial charge in [-0.05, 0) is 71.0 Å². The van der Waals surface area contributed by atoms with Gasteiger partial charge in [0.15, 0.2) is 0 Å². The quantitative estimate of drug-likeness (QED) is 0.339. The summed E-state index contributed by atoms with van der Waals surface area (Å²) in [5.74, 6) is -0.463. The number of halogens is 1. The summed E-state index contributed by atoms with van der Waals surface area (Å²) in [5.41, 5.74) is 5.16. The first kappa shape index (κ1) is 21.0. The van der Waals surface area contributed by atoms with E-state index in [1.165, 1.54) is 0 Å². The van der Waals surface area contributed by atoms with Crippen LogP contribution in [0.5, 0.6) is 5.75 Å². The highest BCUT2D eigenvalue weighted by molar-refractivity contribution is 6.30. The Hall–Kier alpha value is -3.24.